The van der Waals surface area contributed by atoms with Crippen LogP contribution in [0.3, 0.4) is 0 Å². The second-order valence-corrected chi connectivity index (χ2v) is 10.6. The van der Waals surface area contributed by atoms with Crippen LogP contribution in [0, 0.1) is 13.8 Å². The minimum atomic E-state index is -0.108. The Labute approximate surface area is 224 Å². The lowest BCUT2D eigenvalue weighted by Crippen LogP contribution is -2.31. The van der Waals surface area contributed by atoms with E-state index in [0.29, 0.717) is 45.6 Å². The maximum atomic E-state index is 13.8. The molecular weight excluding hydrogens is 488 g/mol. The summed E-state index contributed by atoms with van der Waals surface area (Å²) in [7, 11) is 10.9. The van der Waals surface area contributed by atoms with E-state index in [1.165, 1.54) is 16.7 Å². The number of benzene rings is 2. The van der Waals surface area contributed by atoms with Crippen molar-refractivity contribution in [3.05, 3.63) is 51.3 Å². The molecule has 0 fully saturated rings. The molecule has 1 aromatic heterocycles. The molecule has 0 radical (unpaired) electrons. The topological polar surface area (TPSA) is 69.1 Å². The van der Waals surface area contributed by atoms with E-state index >= 15 is 0 Å². The lowest BCUT2D eigenvalue weighted by Gasteiger charge is -2.20. The van der Waals surface area contributed by atoms with E-state index in [9.17, 15) is 4.79 Å². The second kappa shape index (κ2) is 13.2. The number of methoxy groups -OCH3 is 3. The summed E-state index contributed by atoms with van der Waals surface area (Å²) in [5.41, 5.74) is 4.01. The zero-order valence-electron chi connectivity index (χ0n) is 23.4. The molecule has 0 spiro atoms. The van der Waals surface area contributed by atoms with Gasteiger partial charge in [-0.25, -0.2) is 4.98 Å². The molecule has 0 bridgehead atoms. The fourth-order valence-corrected chi connectivity index (χ4v) is 5.34. The van der Waals surface area contributed by atoms with Crippen LogP contribution in [0.1, 0.15) is 23.1 Å². The Morgan fingerprint density at radius 3 is 2.16 bits per heavy atom. The van der Waals surface area contributed by atoms with Crippen molar-refractivity contribution in [3.63, 3.8) is 0 Å². The van der Waals surface area contributed by atoms with E-state index in [0.717, 1.165) is 26.1 Å². The van der Waals surface area contributed by atoms with Crippen molar-refractivity contribution in [1.29, 1.82) is 0 Å². The third-order valence-electron chi connectivity index (χ3n) is 6.22. The summed E-state index contributed by atoms with van der Waals surface area (Å²) >= 11 is 1.57. The van der Waals surface area contributed by atoms with E-state index in [1.54, 1.807) is 43.7 Å². The van der Waals surface area contributed by atoms with Gasteiger partial charge in [-0.3, -0.25) is 9.36 Å². The quantitative estimate of drug-likeness (QED) is 0.241. The number of hydrogen-bond donors (Lipinski definition) is 0. The molecule has 202 valence electrons. The van der Waals surface area contributed by atoms with Gasteiger partial charge < -0.3 is 24.0 Å². The first-order valence-corrected chi connectivity index (χ1v) is 13.4. The number of fused-ring (bicyclic) bond motifs is 1. The predicted molar refractivity (Wildman–Crippen MR) is 152 cm³/mol. The number of rotatable bonds is 13. The van der Waals surface area contributed by atoms with Gasteiger partial charge in [0.2, 0.25) is 5.75 Å². The highest BCUT2D eigenvalue weighted by molar-refractivity contribution is 7.98. The van der Waals surface area contributed by atoms with Crippen LogP contribution in [-0.2, 0) is 12.3 Å². The van der Waals surface area contributed by atoms with Gasteiger partial charge in [0.05, 0.1) is 26.7 Å². The van der Waals surface area contributed by atoms with Gasteiger partial charge in [-0.2, -0.15) is 0 Å². The third-order valence-corrected chi connectivity index (χ3v) is 7.27. The highest BCUT2D eigenvalue weighted by atomic mass is 32.2. The molecule has 2 aromatic carbocycles. The molecule has 0 saturated heterocycles. The maximum absolute atomic E-state index is 13.8. The molecule has 0 N–H and O–H groups in total. The van der Waals surface area contributed by atoms with Gasteiger partial charge in [0.15, 0.2) is 16.7 Å². The summed E-state index contributed by atoms with van der Waals surface area (Å²) in [6.07, 6.45) is 0.832. The largest absolute Gasteiger partial charge is 0.493 e. The Hall–Kier alpha value is -2.75. The minimum absolute atomic E-state index is 0.108. The first-order chi connectivity index (χ1) is 17.7. The molecule has 3 aromatic rings. The molecule has 1 heterocycles. The van der Waals surface area contributed by atoms with E-state index in [1.807, 2.05) is 0 Å². The molecule has 9 heteroatoms. The number of hydrogen-bond acceptors (Lipinski definition) is 8. The standard InChI is InChI=1S/C28H40N4O4S/c1-19-14-20(2)16-21(15-19)18-37-28-29-24-22(17-23(34-6)25(35-7)26(24)36-8)27(33)32(28)11-9-10-31(5)13-12-30(3)4/h14-17H,9-13,18H2,1-8H3. The van der Waals surface area contributed by atoms with Gasteiger partial charge in [0.1, 0.15) is 5.52 Å². The van der Waals surface area contributed by atoms with Crippen LogP contribution in [0.5, 0.6) is 17.2 Å². The Balaban J connectivity index is 2.02. The van der Waals surface area contributed by atoms with Gasteiger partial charge >= 0.3 is 0 Å². The smallest absolute Gasteiger partial charge is 0.262 e. The van der Waals surface area contributed by atoms with Crippen LogP contribution in [-0.4, -0.2) is 81.5 Å². The summed E-state index contributed by atoms with van der Waals surface area (Å²) in [5, 5.41) is 1.12. The summed E-state index contributed by atoms with van der Waals surface area (Å²) in [5.74, 6) is 1.97. The van der Waals surface area contributed by atoms with E-state index in [-0.39, 0.29) is 5.56 Å². The monoisotopic (exact) mass is 528 g/mol. The molecule has 0 aliphatic heterocycles. The Morgan fingerprint density at radius 2 is 1.57 bits per heavy atom. The van der Waals surface area contributed by atoms with Gasteiger partial charge in [-0.1, -0.05) is 41.1 Å². The Bertz CT molecular complexity index is 1260. The van der Waals surface area contributed by atoms with Crippen LogP contribution < -0.4 is 19.8 Å². The van der Waals surface area contributed by atoms with Crippen LogP contribution in [0.15, 0.2) is 34.2 Å². The van der Waals surface area contributed by atoms with E-state index in [4.69, 9.17) is 19.2 Å². The maximum Gasteiger partial charge on any atom is 0.262 e. The molecule has 3 rings (SSSR count). The summed E-state index contributed by atoms with van der Waals surface area (Å²) in [4.78, 5) is 23.2. The molecule has 8 nitrogen and oxygen atoms in total. The van der Waals surface area contributed by atoms with Crippen LogP contribution in [0.4, 0.5) is 0 Å². The number of nitrogens with zero attached hydrogens (tertiary/aromatic N) is 4. The van der Waals surface area contributed by atoms with Gasteiger partial charge in [-0.15, -0.1) is 0 Å². The zero-order chi connectivity index (χ0) is 27.1. The molecule has 0 aliphatic carbocycles. The summed E-state index contributed by atoms with van der Waals surface area (Å²) in [6, 6.07) is 8.22. The van der Waals surface area contributed by atoms with Crippen LogP contribution in [0.25, 0.3) is 10.9 Å². The normalized spacial score (nSPS) is 11.5. The van der Waals surface area contributed by atoms with Crippen molar-refractivity contribution in [2.24, 2.45) is 0 Å². The number of aryl methyl sites for hydroxylation is 2. The Kier molecular flexibility index (Phi) is 10.3. The molecule has 0 unspecified atom stereocenters. The highest BCUT2D eigenvalue weighted by Gasteiger charge is 2.22. The average molecular weight is 529 g/mol. The summed E-state index contributed by atoms with van der Waals surface area (Å²) < 4.78 is 18.5. The molecule has 0 saturated carbocycles. The molecular formula is C28H40N4O4S. The minimum Gasteiger partial charge on any atom is -0.493 e. The van der Waals surface area contributed by atoms with Gasteiger partial charge in [0, 0.05) is 25.4 Å². The molecule has 0 amide bonds. The van der Waals surface area contributed by atoms with Crippen molar-refractivity contribution in [2.45, 2.75) is 37.7 Å². The van der Waals surface area contributed by atoms with Crippen molar-refractivity contribution in [1.82, 2.24) is 19.4 Å². The first-order valence-electron chi connectivity index (χ1n) is 12.4. The Morgan fingerprint density at radius 1 is 0.892 bits per heavy atom. The third kappa shape index (κ3) is 7.18. The molecule has 37 heavy (non-hydrogen) atoms. The predicted octanol–water partition coefficient (Wildman–Crippen LogP) is 4.21. The first kappa shape index (κ1) is 28.8. The second-order valence-electron chi connectivity index (χ2n) is 9.64. The van der Waals surface area contributed by atoms with Crippen LogP contribution >= 0.6 is 11.8 Å². The van der Waals surface area contributed by atoms with Crippen molar-refractivity contribution >= 4 is 22.7 Å². The highest BCUT2D eigenvalue weighted by Crippen LogP contribution is 2.42. The van der Waals surface area contributed by atoms with Crippen molar-refractivity contribution < 1.29 is 14.2 Å². The molecule has 0 atom stereocenters. The van der Waals surface area contributed by atoms with Crippen molar-refractivity contribution in [3.8, 4) is 17.2 Å². The lowest BCUT2D eigenvalue weighted by molar-refractivity contribution is 0.274. The summed E-state index contributed by atoms with van der Waals surface area (Å²) in [6.45, 7) is 7.62. The lowest BCUT2D eigenvalue weighted by atomic mass is 10.1. The number of thioether (sulfide) groups is 1. The van der Waals surface area contributed by atoms with E-state index in [2.05, 4.69) is 63.0 Å². The van der Waals surface area contributed by atoms with Gasteiger partial charge in [-0.05, 0) is 59.6 Å². The number of aromatic nitrogens is 2. The number of likely N-dealkylation sites (N-methyl/N-ethyl adjacent to an activating group) is 2. The fourth-order valence-electron chi connectivity index (χ4n) is 4.39. The zero-order valence-corrected chi connectivity index (χ0v) is 24.2. The van der Waals surface area contributed by atoms with Crippen LogP contribution in [0.2, 0.25) is 0 Å². The van der Waals surface area contributed by atoms with E-state index < -0.39 is 0 Å². The fraction of sp³-hybridized carbons (Fsp3) is 0.500. The average Bonchev–Trinajstić information content (AvgIpc) is 2.85. The number of ether oxygens (including phenoxy) is 3. The molecule has 0 aliphatic rings. The van der Waals surface area contributed by atoms with Crippen molar-refractivity contribution in [2.75, 3.05) is 62.1 Å². The SMILES string of the molecule is COc1cc2c(=O)n(CCCN(C)CCN(C)C)c(SCc3cc(C)cc(C)c3)nc2c(OC)c1OC. The van der Waals surface area contributed by atoms with Gasteiger partial charge in [0.25, 0.3) is 5.56 Å².